The van der Waals surface area contributed by atoms with Crippen molar-refractivity contribution in [1.82, 2.24) is 4.90 Å². The fourth-order valence-corrected chi connectivity index (χ4v) is 5.06. The molecule has 0 unspecified atom stereocenters. The summed E-state index contributed by atoms with van der Waals surface area (Å²) in [6.07, 6.45) is 2.86. The minimum atomic E-state index is -1.53. The standard InChI is InChI=1S/C22H22F3NO2/c23-17-8-15(9-18(24)21(17)25)10-20(28)26-16-6-7-19(26)22(12-16,13-27)11-14-4-2-1-3-5-14/h1-5,8-9,16,19,27H,6-7,10-13H2/t16-,19+,22-/m0/s1. The van der Waals surface area contributed by atoms with Crippen LogP contribution in [0.2, 0.25) is 0 Å². The van der Waals surface area contributed by atoms with Gasteiger partial charge in [0.25, 0.3) is 0 Å². The molecule has 0 radical (unpaired) electrons. The lowest BCUT2D eigenvalue weighted by atomic mass is 9.70. The van der Waals surface area contributed by atoms with Gasteiger partial charge in [0.15, 0.2) is 17.5 Å². The van der Waals surface area contributed by atoms with E-state index in [1.165, 1.54) is 0 Å². The van der Waals surface area contributed by atoms with Gasteiger partial charge in [-0.05, 0) is 48.9 Å². The molecule has 2 saturated heterocycles. The molecule has 2 heterocycles. The van der Waals surface area contributed by atoms with Crippen LogP contribution in [0.4, 0.5) is 13.2 Å². The number of fused-ring (bicyclic) bond motifs is 2. The number of aliphatic hydroxyl groups is 1. The van der Waals surface area contributed by atoms with Gasteiger partial charge in [0.1, 0.15) is 0 Å². The molecule has 1 N–H and O–H groups in total. The number of halogens is 3. The summed E-state index contributed by atoms with van der Waals surface area (Å²) in [6.45, 7) is -0.0212. The van der Waals surface area contributed by atoms with Crippen molar-refractivity contribution in [3.63, 3.8) is 0 Å². The monoisotopic (exact) mass is 389 g/mol. The van der Waals surface area contributed by atoms with Gasteiger partial charge >= 0.3 is 0 Å². The highest BCUT2D eigenvalue weighted by molar-refractivity contribution is 5.80. The number of nitrogens with zero attached hydrogens (tertiary/aromatic N) is 1. The van der Waals surface area contributed by atoms with Crippen molar-refractivity contribution in [2.45, 2.75) is 44.2 Å². The maximum absolute atomic E-state index is 13.5. The van der Waals surface area contributed by atoms with Gasteiger partial charge in [-0.1, -0.05) is 30.3 Å². The number of aliphatic hydroxyl groups excluding tert-OH is 1. The lowest BCUT2D eigenvalue weighted by Crippen LogP contribution is -2.44. The quantitative estimate of drug-likeness (QED) is 0.794. The summed E-state index contributed by atoms with van der Waals surface area (Å²) >= 11 is 0. The number of benzene rings is 2. The molecule has 2 aromatic carbocycles. The molecule has 2 aliphatic heterocycles. The Labute approximate surface area is 161 Å². The van der Waals surface area contributed by atoms with Gasteiger partial charge in [-0.25, -0.2) is 13.2 Å². The summed E-state index contributed by atoms with van der Waals surface area (Å²) in [5, 5.41) is 10.2. The molecular weight excluding hydrogens is 367 g/mol. The van der Waals surface area contributed by atoms with E-state index >= 15 is 0 Å². The molecule has 3 nitrogen and oxygen atoms in total. The van der Waals surface area contributed by atoms with E-state index in [1.54, 1.807) is 4.90 Å². The molecule has 2 bridgehead atoms. The largest absolute Gasteiger partial charge is 0.396 e. The molecule has 0 aliphatic carbocycles. The van der Waals surface area contributed by atoms with Gasteiger partial charge in [-0.2, -0.15) is 0 Å². The summed E-state index contributed by atoms with van der Waals surface area (Å²) < 4.78 is 40.1. The fraction of sp³-hybridized carbons (Fsp3) is 0.409. The maximum atomic E-state index is 13.5. The zero-order chi connectivity index (χ0) is 19.9. The van der Waals surface area contributed by atoms with Crippen molar-refractivity contribution in [1.29, 1.82) is 0 Å². The minimum Gasteiger partial charge on any atom is -0.396 e. The van der Waals surface area contributed by atoms with E-state index in [1.807, 2.05) is 30.3 Å². The Balaban J connectivity index is 1.55. The number of rotatable bonds is 5. The Hall–Kier alpha value is -2.34. The molecular formula is C22H22F3NO2. The van der Waals surface area contributed by atoms with Crippen molar-refractivity contribution < 1.29 is 23.1 Å². The predicted octanol–water partition coefficient (Wildman–Crippen LogP) is 3.63. The second-order valence-electron chi connectivity index (χ2n) is 7.99. The van der Waals surface area contributed by atoms with Crippen molar-refractivity contribution >= 4 is 5.91 Å². The van der Waals surface area contributed by atoms with Crippen LogP contribution in [-0.2, 0) is 17.6 Å². The molecule has 1 amide bonds. The molecule has 0 spiro atoms. The number of amides is 1. The highest BCUT2D eigenvalue weighted by atomic mass is 19.2. The van der Waals surface area contributed by atoms with E-state index in [0.29, 0.717) is 12.8 Å². The average Bonchev–Trinajstić information content (AvgIpc) is 3.23. The smallest absolute Gasteiger partial charge is 0.227 e. The Bertz CT molecular complexity index is 866. The van der Waals surface area contributed by atoms with Gasteiger partial charge in [0.2, 0.25) is 5.91 Å². The normalized spacial score (nSPS) is 26.1. The van der Waals surface area contributed by atoms with E-state index in [0.717, 1.165) is 30.5 Å². The van der Waals surface area contributed by atoms with E-state index in [2.05, 4.69) is 0 Å². The van der Waals surface area contributed by atoms with E-state index in [9.17, 15) is 23.1 Å². The molecule has 28 heavy (non-hydrogen) atoms. The first-order valence-electron chi connectivity index (χ1n) is 9.53. The van der Waals surface area contributed by atoms with Gasteiger partial charge < -0.3 is 10.0 Å². The average molecular weight is 389 g/mol. The summed E-state index contributed by atoms with van der Waals surface area (Å²) in [5.74, 6) is -4.34. The minimum absolute atomic E-state index is 0.0171. The van der Waals surface area contributed by atoms with E-state index < -0.39 is 22.9 Å². The van der Waals surface area contributed by atoms with Crippen molar-refractivity contribution in [3.05, 3.63) is 71.0 Å². The molecule has 2 aromatic rings. The summed E-state index contributed by atoms with van der Waals surface area (Å²) in [7, 11) is 0. The second-order valence-corrected chi connectivity index (χ2v) is 7.99. The molecule has 0 aromatic heterocycles. The number of hydrogen-bond acceptors (Lipinski definition) is 2. The SMILES string of the molecule is O=C(Cc1cc(F)c(F)c(F)c1)N1[C@H]2CC[C@@H]1[C@@](CO)(Cc1ccccc1)C2. The van der Waals surface area contributed by atoms with Gasteiger partial charge in [-0.15, -0.1) is 0 Å². The van der Waals surface area contributed by atoms with Crippen molar-refractivity contribution in [2.24, 2.45) is 5.41 Å². The Morgan fingerprint density at radius 2 is 1.75 bits per heavy atom. The second kappa shape index (κ2) is 7.24. The van der Waals surface area contributed by atoms with Gasteiger partial charge in [0, 0.05) is 17.5 Å². The topological polar surface area (TPSA) is 40.5 Å². The van der Waals surface area contributed by atoms with Crippen LogP contribution < -0.4 is 0 Å². The number of carbonyl (C=O) groups excluding carboxylic acids is 1. The van der Waals surface area contributed by atoms with Crippen molar-refractivity contribution in [3.8, 4) is 0 Å². The van der Waals surface area contributed by atoms with E-state index in [4.69, 9.17) is 0 Å². The highest BCUT2D eigenvalue weighted by Crippen LogP contribution is 2.51. The van der Waals surface area contributed by atoms with Crippen LogP contribution in [0.1, 0.15) is 30.4 Å². The molecule has 148 valence electrons. The first-order valence-corrected chi connectivity index (χ1v) is 9.53. The highest BCUT2D eigenvalue weighted by Gasteiger charge is 2.56. The first-order chi connectivity index (χ1) is 13.4. The zero-order valence-electron chi connectivity index (χ0n) is 15.4. The number of hydrogen-bond donors (Lipinski definition) is 1. The Kier molecular flexibility index (Phi) is 4.91. The molecule has 2 fully saturated rings. The van der Waals surface area contributed by atoms with Crippen LogP contribution in [0.5, 0.6) is 0 Å². The third kappa shape index (κ3) is 3.20. The summed E-state index contributed by atoms with van der Waals surface area (Å²) in [4.78, 5) is 14.7. The van der Waals surface area contributed by atoms with E-state index in [-0.39, 0.29) is 36.6 Å². The summed E-state index contributed by atoms with van der Waals surface area (Å²) in [6, 6.07) is 11.5. The van der Waals surface area contributed by atoms with Gasteiger partial charge in [-0.3, -0.25) is 4.79 Å². The third-order valence-electron chi connectivity index (χ3n) is 6.25. The van der Waals surface area contributed by atoms with Crippen LogP contribution in [0.15, 0.2) is 42.5 Å². The first kappa shape index (κ1) is 19.0. The van der Waals surface area contributed by atoms with Crippen LogP contribution in [0.3, 0.4) is 0 Å². The lowest BCUT2D eigenvalue weighted by molar-refractivity contribution is -0.132. The third-order valence-corrected chi connectivity index (χ3v) is 6.25. The van der Waals surface area contributed by atoms with Crippen LogP contribution in [0, 0.1) is 22.9 Å². The molecule has 0 saturated carbocycles. The maximum Gasteiger partial charge on any atom is 0.227 e. The molecule has 2 aliphatic rings. The molecule has 6 heteroatoms. The van der Waals surface area contributed by atoms with Gasteiger partial charge in [0.05, 0.1) is 13.0 Å². The van der Waals surface area contributed by atoms with Crippen LogP contribution in [-0.4, -0.2) is 34.6 Å². The predicted molar refractivity (Wildman–Crippen MR) is 98.0 cm³/mol. The van der Waals surface area contributed by atoms with Crippen molar-refractivity contribution in [2.75, 3.05) is 6.61 Å². The zero-order valence-corrected chi connectivity index (χ0v) is 15.4. The summed E-state index contributed by atoms with van der Waals surface area (Å²) in [5.41, 5.74) is 0.823. The van der Waals surface area contributed by atoms with Crippen LogP contribution >= 0.6 is 0 Å². The molecule has 3 atom stereocenters. The number of carbonyl (C=O) groups is 1. The lowest BCUT2D eigenvalue weighted by Gasteiger charge is -2.36. The van der Waals surface area contributed by atoms with Crippen LogP contribution in [0.25, 0.3) is 0 Å². The Morgan fingerprint density at radius 3 is 2.39 bits per heavy atom. The molecule has 4 rings (SSSR count). The Morgan fingerprint density at radius 1 is 1.07 bits per heavy atom. The fourth-order valence-electron chi connectivity index (χ4n) is 5.06.